The first-order valence-electron chi connectivity index (χ1n) is 5.74. The molecular formula is C14H12ClN3O. The van der Waals surface area contributed by atoms with Gasteiger partial charge in [0, 0.05) is 11.9 Å². The van der Waals surface area contributed by atoms with E-state index in [1.807, 2.05) is 25.1 Å². The fraction of sp³-hybridized carbons (Fsp3) is 0.214. The molecule has 0 N–H and O–H groups in total. The van der Waals surface area contributed by atoms with E-state index in [1.165, 1.54) is 0 Å². The number of pyridine rings is 2. The summed E-state index contributed by atoms with van der Waals surface area (Å²) in [5.41, 5.74) is 2.30. The lowest BCUT2D eigenvalue weighted by Crippen LogP contribution is -2.26. The predicted molar refractivity (Wildman–Crippen MR) is 73.2 cm³/mol. The molecule has 19 heavy (non-hydrogen) atoms. The van der Waals surface area contributed by atoms with Crippen LogP contribution < -0.4 is 5.56 Å². The van der Waals surface area contributed by atoms with Gasteiger partial charge in [-0.1, -0.05) is 17.7 Å². The van der Waals surface area contributed by atoms with Gasteiger partial charge in [0.1, 0.15) is 16.8 Å². The molecular weight excluding hydrogens is 262 g/mol. The molecule has 2 aromatic heterocycles. The molecule has 0 saturated heterocycles. The third-order valence-electron chi connectivity index (χ3n) is 2.95. The van der Waals surface area contributed by atoms with Crippen molar-refractivity contribution < 1.29 is 0 Å². The number of halogens is 1. The van der Waals surface area contributed by atoms with Gasteiger partial charge in [-0.3, -0.25) is 4.79 Å². The second kappa shape index (κ2) is 5.25. The number of aromatic nitrogens is 2. The van der Waals surface area contributed by atoms with E-state index in [0.29, 0.717) is 17.3 Å². The van der Waals surface area contributed by atoms with Gasteiger partial charge < -0.3 is 4.57 Å². The smallest absolute Gasteiger partial charge is 0.269 e. The summed E-state index contributed by atoms with van der Waals surface area (Å²) in [6.45, 7) is 3.99. The van der Waals surface area contributed by atoms with Crippen LogP contribution in [0, 0.1) is 25.2 Å². The molecule has 96 valence electrons. The highest BCUT2D eigenvalue weighted by atomic mass is 35.5. The topological polar surface area (TPSA) is 58.7 Å². The summed E-state index contributed by atoms with van der Waals surface area (Å²) in [5.74, 6) is 0. The van der Waals surface area contributed by atoms with Gasteiger partial charge in [0.15, 0.2) is 0 Å². The Balaban J connectivity index is 2.49. The van der Waals surface area contributed by atoms with Gasteiger partial charge in [0.05, 0.1) is 6.54 Å². The largest absolute Gasteiger partial charge is 0.307 e. The number of hydrogen-bond acceptors (Lipinski definition) is 3. The van der Waals surface area contributed by atoms with Crippen LogP contribution in [0.25, 0.3) is 0 Å². The summed E-state index contributed by atoms with van der Waals surface area (Å²) >= 11 is 5.72. The molecule has 2 rings (SSSR count). The van der Waals surface area contributed by atoms with Crippen LogP contribution in [0.3, 0.4) is 0 Å². The third-order valence-corrected chi connectivity index (χ3v) is 3.17. The van der Waals surface area contributed by atoms with Crippen molar-refractivity contribution in [1.82, 2.24) is 9.55 Å². The van der Waals surface area contributed by atoms with Crippen molar-refractivity contribution in [2.45, 2.75) is 20.4 Å². The SMILES string of the molecule is Cc1cc(C)n(Cc2ccc(Cl)nc2)c(=O)c1C#N. The number of rotatable bonds is 2. The van der Waals surface area contributed by atoms with Crippen LogP contribution in [0.5, 0.6) is 0 Å². The molecule has 0 atom stereocenters. The highest BCUT2D eigenvalue weighted by Gasteiger charge is 2.10. The maximum Gasteiger partial charge on any atom is 0.269 e. The molecule has 0 aromatic carbocycles. The minimum absolute atomic E-state index is 0.188. The van der Waals surface area contributed by atoms with Crippen molar-refractivity contribution >= 4 is 11.6 Å². The minimum Gasteiger partial charge on any atom is -0.307 e. The van der Waals surface area contributed by atoms with Crippen molar-refractivity contribution in [2.24, 2.45) is 0 Å². The van der Waals surface area contributed by atoms with Crippen LogP contribution in [0.2, 0.25) is 5.15 Å². The van der Waals surface area contributed by atoms with E-state index in [4.69, 9.17) is 16.9 Å². The van der Waals surface area contributed by atoms with Gasteiger partial charge >= 0.3 is 0 Å². The van der Waals surface area contributed by atoms with Gasteiger partial charge in [0.25, 0.3) is 5.56 Å². The lowest BCUT2D eigenvalue weighted by molar-refractivity contribution is 0.722. The van der Waals surface area contributed by atoms with Crippen LogP contribution in [0.1, 0.15) is 22.4 Å². The zero-order valence-electron chi connectivity index (χ0n) is 10.6. The second-order valence-corrected chi connectivity index (χ2v) is 4.72. The standard InChI is InChI=1S/C14H12ClN3O/c1-9-5-10(2)18(14(19)12(9)6-16)8-11-3-4-13(15)17-7-11/h3-5,7H,8H2,1-2H3. The Morgan fingerprint density at radius 1 is 1.42 bits per heavy atom. The van der Waals surface area contributed by atoms with Crippen molar-refractivity contribution in [3.8, 4) is 6.07 Å². The van der Waals surface area contributed by atoms with Crippen molar-refractivity contribution in [1.29, 1.82) is 5.26 Å². The minimum atomic E-state index is -0.269. The van der Waals surface area contributed by atoms with Crippen LogP contribution in [-0.4, -0.2) is 9.55 Å². The molecule has 0 fully saturated rings. The average molecular weight is 274 g/mol. The Kier molecular flexibility index (Phi) is 3.68. The average Bonchev–Trinajstić information content (AvgIpc) is 2.37. The predicted octanol–water partition coefficient (Wildman–Crippen LogP) is 2.43. The zero-order valence-corrected chi connectivity index (χ0v) is 11.4. The fourth-order valence-electron chi connectivity index (χ4n) is 1.94. The highest BCUT2D eigenvalue weighted by molar-refractivity contribution is 6.29. The number of nitrogens with zero attached hydrogens (tertiary/aromatic N) is 3. The summed E-state index contributed by atoms with van der Waals surface area (Å²) in [6.07, 6.45) is 1.63. The molecule has 0 aliphatic rings. The normalized spacial score (nSPS) is 10.2. The highest BCUT2D eigenvalue weighted by Crippen LogP contribution is 2.10. The lowest BCUT2D eigenvalue weighted by atomic mass is 10.1. The molecule has 4 nitrogen and oxygen atoms in total. The van der Waals surface area contributed by atoms with Crippen LogP contribution in [0.15, 0.2) is 29.2 Å². The number of nitriles is 1. The first-order chi connectivity index (χ1) is 9.02. The molecule has 0 radical (unpaired) electrons. The maximum absolute atomic E-state index is 12.2. The summed E-state index contributed by atoms with van der Waals surface area (Å²) in [4.78, 5) is 16.2. The van der Waals surface area contributed by atoms with E-state index >= 15 is 0 Å². The molecule has 2 aromatic rings. The molecule has 0 amide bonds. The molecule has 0 saturated carbocycles. The second-order valence-electron chi connectivity index (χ2n) is 4.34. The quantitative estimate of drug-likeness (QED) is 0.790. The van der Waals surface area contributed by atoms with Gasteiger partial charge in [-0.2, -0.15) is 5.26 Å². The van der Waals surface area contributed by atoms with Crippen LogP contribution in [-0.2, 0) is 6.54 Å². The number of hydrogen-bond donors (Lipinski definition) is 0. The molecule has 5 heteroatoms. The Hall–Kier alpha value is -2.12. The zero-order chi connectivity index (χ0) is 14.0. The Morgan fingerprint density at radius 3 is 2.74 bits per heavy atom. The number of aryl methyl sites for hydroxylation is 2. The van der Waals surface area contributed by atoms with Crippen molar-refractivity contribution in [3.63, 3.8) is 0 Å². The summed E-state index contributed by atoms with van der Waals surface area (Å²) in [5, 5.41) is 9.44. The van der Waals surface area contributed by atoms with Gasteiger partial charge in [-0.05, 0) is 37.1 Å². The molecule has 0 spiro atoms. The van der Waals surface area contributed by atoms with E-state index in [-0.39, 0.29) is 11.1 Å². The van der Waals surface area contributed by atoms with E-state index in [2.05, 4.69) is 4.98 Å². The van der Waals surface area contributed by atoms with Crippen LogP contribution >= 0.6 is 11.6 Å². The maximum atomic E-state index is 12.2. The summed E-state index contributed by atoms with van der Waals surface area (Å²) in [6, 6.07) is 7.28. The summed E-state index contributed by atoms with van der Waals surface area (Å²) in [7, 11) is 0. The van der Waals surface area contributed by atoms with Crippen molar-refractivity contribution in [3.05, 3.63) is 62.3 Å². The van der Waals surface area contributed by atoms with E-state index < -0.39 is 0 Å². The van der Waals surface area contributed by atoms with Crippen LogP contribution in [0.4, 0.5) is 0 Å². The molecule has 0 unspecified atom stereocenters. The van der Waals surface area contributed by atoms with Gasteiger partial charge in [0.2, 0.25) is 0 Å². The van der Waals surface area contributed by atoms with Gasteiger partial charge in [-0.25, -0.2) is 4.98 Å². The Bertz CT molecular complexity index is 711. The summed E-state index contributed by atoms with van der Waals surface area (Å²) < 4.78 is 1.57. The van der Waals surface area contributed by atoms with E-state index in [9.17, 15) is 4.79 Å². The molecule has 0 bridgehead atoms. The first-order valence-corrected chi connectivity index (χ1v) is 6.12. The molecule has 0 aliphatic heterocycles. The van der Waals surface area contributed by atoms with E-state index in [0.717, 1.165) is 11.3 Å². The monoisotopic (exact) mass is 273 g/mol. The third kappa shape index (κ3) is 2.67. The Labute approximate surface area is 115 Å². The molecule has 0 aliphatic carbocycles. The molecule has 2 heterocycles. The Morgan fingerprint density at radius 2 is 2.16 bits per heavy atom. The van der Waals surface area contributed by atoms with E-state index in [1.54, 1.807) is 23.8 Å². The lowest BCUT2D eigenvalue weighted by Gasteiger charge is -2.11. The van der Waals surface area contributed by atoms with Gasteiger partial charge in [-0.15, -0.1) is 0 Å². The van der Waals surface area contributed by atoms with Crippen molar-refractivity contribution in [2.75, 3.05) is 0 Å². The first kappa shape index (κ1) is 13.3. The fourth-order valence-corrected chi connectivity index (χ4v) is 2.05.